The van der Waals surface area contributed by atoms with E-state index in [4.69, 9.17) is 5.73 Å². The zero-order valence-corrected chi connectivity index (χ0v) is 9.09. The van der Waals surface area contributed by atoms with Gasteiger partial charge in [-0.3, -0.25) is 4.98 Å². The summed E-state index contributed by atoms with van der Waals surface area (Å²) in [6.45, 7) is -0.411. The molecule has 0 bridgehead atoms. The Bertz CT molecular complexity index is 422. The van der Waals surface area contributed by atoms with Crippen LogP contribution in [0.1, 0.15) is 17.7 Å². The van der Waals surface area contributed by atoms with E-state index in [9.17, 15) is 22.0 Å². The Hall–Kier alpha value is -1.64. The predicted molar refractivity (Wildman–Crippen MR) is 50.3 cm³/mol. The van der Waals surface area contributed by atoms with Crippen LogP contribution in [0.15, 0.2) is 6.20 Å². The van der Waals surface area contributed by atoms with Crippen molar-refractivity contribution in [3.8, 4) is 11.5 Å². The smallest absolute Gasteiger partial charge is 0.492 e. The van der Waals surface area contributed by atoms with Gasteiger partial charge in [-0.15, -0.1) is 13.2 Å². The van der Waals surface area contributed by atoms with Crippen LogP contribution in [0.4, 0.5) is 22.0 Å². The average molecular weight is 272 g/mol. The van der Waals surface area contributed by atoms with Gasteiger partial charge in [-0.2, -0.15) is 0 Å². The molecular formula is C9H9F5N2O2. The summed E-state index contributed by atoms with van der Waals surface area (Å²) >= 11 is 0. The first-order chi connectivity index (χ1) is 8.30. The molecule has 102 valence electrons. The second-order valence-corrected chi connectivity index (χ2v) is 3.08. The minimum Gasteiger partial charge on any atom is -0.492 e. The van der Waals surface area contributed by atoms with Crippen molar-refractivity contribution in [3.05, 3.63) is 17.5 Å². The van der Waals surface area contributed by atoms with E-state index in [1.165, 1.54) is 0 Å². The molecule has 0 saturated carbocycles. The molecule has 0 radical (unpaired) electrons. The van der Waals surface area contributed by atoms with Crippen molar-refractivity contribution in [3.63, 3.8) is 0 Å². The lowest BCUT2D eigenvalue weighted by atomic mass is 10.2. The highest BCUT2D eigenvalue weighted by atomic mass is 19.4. The largest absolute Gasteiger partial charge is 0.573 e. The number of ether oxygens (including phenoxy) is 2. The van der Waals surface area contributed by atoms with Gasteiger partial charge in [0.05, 0.1) is 12.7 Å². The SMILES string of the molecule is COc1c(C(F)F)cnc(CN)c1OC(F)(F)F. The van der Waals surface area contributed by atoms with Crippen LogP contribution in [0.5, 0.6) is 11.5 Å². The Kier molecular flexibility index (Phi) is 4.28. The standard InChI is InChI=1S/C9H9F5N2O2/c1-17-6-4(8(10)11)3-16-5(2-15)7(6)18-9(12,13)14/h3,8H,2,15H2,1H3. The molecule has 0 atom stereocenters. The van der Waals surface area contributed by atoms with Crippen LogP contribution in [0.3, 0.4) is 0 Å². The van der Waals surface area contributed by atoms with Crippen molar-refractivity contribution >= 4 is 0 Å². The number of rotatable bonds is 4. The van der Waals surface area contributed by atoms with E-state index in [2.05, 4.69) is 14.5 Å². The van der Waals surface area contributed by atoms with Gasteiger partial charge in [-0.25, -0.2) is 8.78 Å². The van der Waals surface area contributed by atoms with E-state index in [1.54, 1.807) is 0 Å². The molecule has 9 heteroatoms. The third kappa shape index (κ3) is 3.19. The topological polar surface area (TPSA) is 57.4 Å². The highest BCUT2D eigenvalue weighted by Crippen LogP contribution is 2.40. The molecule has 2 N–H and O–H groups in total. The first-order valence-corrected chi connectivity index (χ1v) is 4.59. The fourth-order valence-electron chi connectivity index (χ4n) is 1.26. The molecule has 0 fully saturated rings. The van der Waals surface area contributed by atoms with Gasteiger partial charge in [0, 0.05) is 12.7 Å². The van der Waals surface area contributed by atoms with Crippen LogP contribution in [0.2, 0.25) is 0 Å². The number of pyridine rings is 1. The van der Waals surface area contributed by atoms with Gasteiger partial charge in [0.25, 0.3) is 6.43 Å². The fourth-order valence-corrected chi connectivity index (χ4v) is 1.26. The molecule has 4 nitrogen and oxygen atoms in total. The molecule has 1 heterocycles. The molecule has 0 aromatic carbocycles. The fraction of sp³-hybridized carbons (Fsp3) is 0.444. The van der Waals surface area contributed by atoms with Crippen LogP contribution in [-0.4, -0.2) is 18.5 Å². The Morgan fingerprint density at radius 2 is 1.94 bits per heavy atom. The van der Waals surface area contributed by atoms with Crippen LogP contribution in [0.25, 0.3) is 0 Å². The van der Waals surface area contributed by atoms with Crippen molar-refractivity contribution in [1.82, 2.24) is 4.98 Å². The molecule has 1 aromatic heterocycles. The number of aromatic nitrogens is 1. The van der Waals surface area contributed by atoms with Crippen LogP contribution < -0.4 is 15.2 Å². The zero-order chi connectivity index (χ0) is 13.9. The van der Waals surface area contributed by atoms with Crippen LogP contribution in [-0.2, 0) is 6.54 Å². The van der Waals surface area contributed by atoms with Crippen LogP contribution in [0, 0.1) is 0 Å². The first-order valence-electron chi connectivity index (χ1n) is 4.59. The number of halogens is 5. The summed E-state index contributed by atoms with van der Waals surface area (Å²) in [5.41, 5.74) is 4.04. The summed E-state index contributed by atoms with van der Waals surface area (Å²) in [6.07, 6.45) is -7.40. The summed E-state index contributed by atoms with van der Waals surface area (Å²) in [5, 5.41) is 0. The van der Waals surface area contributed by atoms with E-state index >= 15 is 0 Å². The molecule has 1 aromatic rings. The Balaban J connectivity index is 3.37. The maximum atomic E-state index is 12.6. The molecule has 0 aliphatic rings. The molecule has 18 heavy (non-hydrogen) atoms. The van der Waals surface area contributed by atoms with E-state index < -0.39 is 36.4 Å². The summed E-state index contributed by atoms with van der Waals surface area (Å²) in [4.78, 5) is 3.40. The summed E-state index contributed by atoms with van der Waals surface area (Å²) < 4.78 is 69.8. The molecular weight excluding hydrogens is 263 g/mol. The van der Waals surface area contributed by atoms with Crippen molar-refractivity contribution < 1.29 is 31.4 Å². The van der Waals surface area contributed by atoms with Crippen molar-refractivity contribution in [2.75, 3.05) is 7.11 Å². The van der Waals surface area contributed by atoms with Crippen LogP contribution >= 0.6 is 0 Å². The number of hydrogen-bond donors (Lipinski definition) is 1. The monoisotopic (exact) mass is 272 g/mol. The van der Waals surface area contributed by atoms with Gasteiger partial charge < -0.3 is 15.2 Å². The number of methoxy groups -OCH3 is 1. The maximum absolute atomic E-state index is 12.6. The molecule has 1 rings (SSSR count). The van der Waals surface area contributed by atoms with E-state index in [0.29, 0.717) is 6.20 Å². The lowest BCUT2D eigenvalue weighted by molar-refractivity contribution is -0.275. The molecule has 0 spiro atoms. The minimum absolute atomic E-state index is 0.325. The lowest BCUT2D eigenvalue weighted by Crippen LogP contribution is -2.20. The minimum atomic E-state index is -5.06. The number of nitrogens with zero attached hydrogens (tertiary/aromatic N) is 1. The zero-order valence-electron chi connectivity index (χ0n) is 9.09. The van der Waals surface area contributed by atoms with Gasteiger partial charge >= 0.3 is 6.36 Å². The van der Waals surface area contributed by atoms with Crippen molar-refractivity contribution in [2.45, 2.75) is 19.3 Å². The number of alkyl halides is 5. The predicted octanol–water partition coefficient (Wildman–Crippen LogP) is 2.39. The highest BCUT2D eigenvalue weighted by molar-refractivity contribution is 5.49. The second kappa shape index (κ2) is 5.34. The summed E-state index contributed by atoms with van der Waals surface area (Å²) in [7, 11) is 0.949. The van der Waals surface area contributed by atoms with Gasteiger partial charge in [0.15, 0.2) is 11.5 Å². The van der Waals surface area contributed by atoms with Gasteiger partial charge in [0.2, 0.25) is 0 Å². The molecule has 0 aliphatic carbocycles. The number of hydrogen-bond acceptors (Lipinski definition) is 4. The van der Waals surface area contributed by atoms with Gasteiger partial charge in [-0.05, 0) is 0 Å². The molecule has 0 aliphatic heterocycles. The Morgan fingerprint density at radius 3 is 2.33 bits per heavy atom. The molecule has 0 unspecified atom stereocenters. The summed E-state index contributed by atoms with van der Waals surface area (Å²) in [6, 6.07) is 0. The van der Waals surface area contributed by atoms with Gasteiger partial charge in [0.1, 0.15) is 5.69 Å². The maximum Gasteiger partial charge on any atom is 0.573 e. The third-order valence-electron chi connectivity index (χ3n) is 1.94. The third-order valence-corrected chi connectivity index (χ3v) is 1.94. The second-order valence-electron chi connectivity index (χ2n) is 3.08. The van der Waals surface area contributed by atoms with Crippen molar-refractivity contribution in [1.29, 1.82) is 0 Å². The average Bonchev–Trinajstić information content (AvgIpc) is 2.26. The quantitative estimate of drug-likeness (QED) is 0.855. The normalized spacial score (nSPS) is 11.8. The van der Waals surface area contributed by atoms with Gasteiger partial charge in [-0.1, -0.05) is 0 Å². The van der Waals surface area contributed by atoms with E-state index in [1.807, 2.05) is 0 Å². The number of nitrogens with two attached hydrogens (primary N) is 1. The van der Waals surface area contributed by atoms with E-state index in [-0.39, 0.29) is 5.69 Å². The van der Waals surface area contributed by atoms with E-state index in [0.717, 1.165) is 7.11 Å². The lowest BCUT2D eigenvalue weighted by Gasteiger charge is -2.17. The molecule has 0 amide bonds. The first kappa shape index (κ1) is 14.4. The summed E-state index contributed by atoms with van der Waals surface area (Å²) in [5.74, 6) is -1.66. The Morgan fingerprint density at radius 1 is 1.33 bits per heavy atom. The molecule has 0 saturated heterocycles. The van der Waals surface area contributed by atoms with Crippen molar-refractivity contribution in [2.24, 2.45) is 5.73 Å². The Labute approximate surface area is 98.5 Å². The highest BCUT2D eigenvalue weighted by Gasteiger charge is 2.35.